The van der Waals surface area contributed by atoms with Gasteiger partial charge >= 0.3 is 0 Å². The van der Waals surface area contributed by atoms with E-state index in [1.807, 2.05) is 25.1 Å². The van der Waals surface area contributed by atoms with Crippen LogP contribution in [-0.2, 0) is 6.42 Å². The molecule has 18 heavy (non-hydrogen) atoms. The van der Waals surface area contributed by atoms with E-state index in [9.17, 15) is 4.79 Å². The number of H-pyrrole nitrogens is 1. The van der Waals surface area contributed by atoms with Gasteiger partial charge in [-0.15, -0.1) is 0 Å². The fraction of sp³-hybridized carbons (Fsp3) is 0.286. The van der Waals surface area contributed by atoms with Gasteiger partial charge < -0.3 is 9.72 Å². The summed E-state index contributed by atoms with van der Waals surface area (Å²) < 4.78 is 5.71. The average Bonchev–Trinajstić information content (AvgIpc) is 2.37. The topological polar surface area (TPSA) is 55.0 Å². The largest absolute Gasteiger partial charge is 0.493 e. The third kappa shape index (κ3) is 2.01. The van der Waals surface area contributed by atoms with Crippen molar-refractivity contribution in [2.24, 2.45) is 0 Å². The lowest BCUT2D eigenvalue weighted by atomic mass is 9.96. The molecule has 0 aliphatic carbocycles. The number of para-hydroxylation sites is 1. The Labute approximate surface area is 105 Å². The summed E-state index contributed by atoms with van der Waals surface area (Å²) in [6.07, 6.45) is 0.850. The Balaban J connectivity index is 1.94. The summed E-state index contributed by atoms with van der Waals surface area (Å²) in [4.78, 5) is 18.7. The SMILES string of the molecule is Cc1cc(=O)[nH]c(C2COc3ccccc3C2)n1. The van der Waals surface area contributed by atoms with Crippen LogP contribution in [0.5, 0.6) is 5.75 Å². The molecule has 1 atom stereocenters. The number of ether oxygens (including phenoxy) is 1. The number of aromatic amines is 1. The highest BCUT2D eigenvalue weighted by Gasteiger charge is 2.22. The Morgan fingerprint density at radius 3 is 3.06 bits per heavy atom. The molecular weight excluding hydrogens is 228 g/mol. The number of rotatable bonds is 1. The minimum absolute atomic E-state index is 0.101. The van der Waals surface area contributed by atoms with Gasteiger partial charge in [0.2, 0.25) is 0 Å². The van der Waals surface area contributed by atoms with Gasteiger partial charge in [-0.2, -0.15) is 0 Å². The lowest BCUT2D eigenvalue weighted by Gasteiger charge is -2.24. The number of benzene rings is 1. The molecule has 0 saturated carbocycles. The fourth-order valence-corrected chi connectivity index (χ4v) is 2.30. The zero-order chi connectivity index (χ0) is 12.5. The van der Waals surface area contributed by atoms with Crippen LogP contribution in [0, 0.1) is 6.92 Å². The quantitative estimate of drug-likeness (QED) is 0.829. The maximum Gasteiger partial charge on any atom is 0.251 e. The van der Waals surface area contributed by atoms with Crippen molar-refractivity contribution in [2.45, 2.75) is 19.3 Å². The number of nitrogens with zero attached hydrogens (tertiary/aromatic N) is 1. The molecule has 1 aromatic heterocycles. The van der Waals surface area contributed by atoms with Gasteiger partial charge in [-0.3, -0.25) is 4.79 Å². The first-order chi connectivity index (χ1) is 8.72. The molecular formula is C14H14N2O2. The van der Waals surface area contributed by atoms with Crippen molar-refractivity contribution in [3.63, 3.8) is 0 Å². The molecule has 92 valence electrons. The lowest BCUT2D eigenvalue weighted by molar-refractivity contribution is 0.257. The van der Waals surface area contributed by atoms with Gasteiger partial charge in [-0.1, -0.05) is 18.2 Å². The zero-order valence-corrected chi connectivity index (χ0v) is 10.1. The molecule has 0 spiro atoms. The summed E-state index contributed by atoms with van der Waals surface area (Å²) in [5.74, 6) is 1.77. The number of aryl methyl sites for hydroxylation is 1. The Morgan fingerprint density at radius 2 is 2.22 bits per heavy atom. The molecule has 1 unspecified atom stereocenters. The molecule has 4 heteroatoms. The summed E-state index contributed by atoms with van der Waals surface area (Å²) in [7, 11) is 0. The minimum atomic E-state index is -0.101. The Hall–Kier alpha value is -2.10. The van der Waals surface area contributed by atoms with Crippen LogP contribution in [0.4, 0.5) is 0 Å². The van der Waals surface area contributed by atoms with E-state index in [2.05, 4.69) is 16.0 Å². The van der Waals surface area contributed by atoms with Gasteiger partial charge in [0.05, 0.1) is 12.5 Å². The predicted octanol–water partition coefficient (Wildman–Crippen LogP) is 1.80. The summed E-state index contributed by atoms with van der Waals surface area (Å²) >= 11 is 0. The smallest absolute Gasteiger partial charge is 0.251 e. The van der Waals surface area contributed by atoms with E-state index in [0.29, 0.717) is 6.61 Å². The van der Waals surface area contributed by atoms with E-state index in [0.717, 1.165) is 29.3 Å². The number of nitrogens with one attached hydrogen (secondary N) is 1. The van der Waals surface area contributed by atoms with Crippen LogP contribution in [0.25, 0.3) is 0 Å². The molecule has 1 N–H and O–H groups in total. The summed E-state index contributed by atoms with van der Waals surface area (Å²) in [6.45, 7) is 2.39. The predicted molar refractivity (Wildman–Crippen MR) is 68.0 cm³/mol. The van der Waals surface area contributed by atoms with Crippen molar-refractivity contribution < 1.29 is 4.74 Å². The zero-order valence-electron chi connectivity index (χ0n) is 10.1. The van der Waals surface area contributed by atoms with Crippen molar-refractivity contribution >= 4 is 0 Å². The highest BCUT2D eigenvalue weighted by atomic mass is 16.5. The normalized spacial score (nSPS) is 17.9. The van der Waals surface area contributed by atoms with Crippen molar-refractivity contribution in [3.05, 3.63) is 57.8 Å². The van der Waals surface area contributed by atoms with Gasteiger partial charge in [0.15, 0.2) is 0 Å². The van der Waals surface area contributed by atoms with Crippen molar-refractivity contribution in [3.8, 4) is 5.75 Å². The minimum Gasteiger partial charge on any atom is -0.493 e. The first-order valence-electron chi connectivity index (χ1n) is 6.01. The highest BCUT2D eigenvalue weighted by Crippen LogP contribution is 2.30. The van der Waals surface area contributed by atoms with Crippen molar-refractivity contribution in [1.29, 1.82) is 0 Å². The third-order valence-corrected chi connectivity index (χ3v) is 3.15. The number of hydrogen-bond acceptors (Lipinski definition) is 3. The molecule has 1 aliphatic heterocycles. The molecule has 1 aromatic carbocycles. The molecule has 3 rings (SSSR count). The molecule has 2 aromatic rings. The second-order valence-electron chi connectivity index (χ2n) is 4.59. The van der Waals surface area contributed by atoms with E-state index < -0.39 is 0 Å². The average molecular weight is 242 g/mol. The van der Waals surface area contributed by atoms with E-state index in [1.54, 1.807) is 0 Å². The monoisotopic (exact) mass is 242 g/mol. The second kappa shape index (κ2) is 4.29. The molecule has 2 heterocycles. The van der Waals surface area contributed by atoms with Gasteiger partial charge in [0.25, 0.3) is 5.56 Å². The van der Waals surface area contributed by atoms with Crippen molar-refractivity contribution in [2.75, 3.05) is 6.61 Å². The fourth-order valence-electron chi connectivity index (χ4n) is 2.30. The van der Waals surface area contributed by atoms with Crippen LogP contribution in [0.1, 0.15) is 23.0 Å². The summed E-state index contributed by atoms with van der Waals surface area (Å²) in [5, 5.41) is 0. The van der Waals surface area contributed by atoms with Gasteiger partial charge in [-0.05, 0) is 25.0 Å². The molecule has 4 nitrogen and oxygen atoms in total. The number of fused-ring (bicyclic) bond motifs is 1. The third-order valence-electron chi connectivity index (χ3n) is 3.15. The Kier molecular flexibility index (Phi) is 2.63. The van der Waals surface area contributed by atoms with Crippen LogP contribution in [0.3, 0.4) is 0 Å². The van der Waals surface area contributed by atoms with E-state index >= 15 is 0 Å². The first kappa shape index (κ1) is 11.0. The van der Waals surface area contributed by atoms with E-state index in [-0.39, 0.29) is 11.5 Å². The van der Waals surface area contributed by atoms with Crippen LogP contribution in [0.2, 0.25) is 0 Å². The molecule has 0 radical (unpaired) electrons. The Bertz CT molecular complexity index is 634. The van der Waals surface area contributed by atoms with Crippen LogP contribution >= 0.6 is 0 Å². The van der Waals surface area contributed by atoms with E-state index in [1.165, 1.54) is 6.07 Å². The Morgan fingerprint density at radius 1 is 1.39 bits per heavy atom. The maximum absolute atomic E-state index is 11.5. The molecule has 1 aliphatic rings. The van der Waals surface area contributed by atoms with Gasteiger partial charge in [0.1, 0.15) is 11.6 Å². The summed E-state index contributed by atoms with van der Waals surface area (Å²) in [5.41, 5.74) is 1.81. The van der Waals surface area contributed by atoms with Crippen LogP contribution in [0.15, 0.2) is 35.1 Å². The molecule has 0 fully saturated rings. The molecule has 0 bridgehead atoms. The first-order valence-corrected chi connectivity index (χ1v) is 6.01. The number of aromatic nitrogens is 2. The lowest BCUT2D eigenvalue weighted by Crippen LogP contribution is -2.24. The van der Waals surface area contributed by atoms with Crippen LogP contribution in [-0.4, -0.2) is 16.6 Å². The standard InChI is InChI=1S/C14H14N2O2/c1-9-6-13(17)16-14(15-9)11-7-10-4-2-3-5-12(10)18-8-11/h2-6,11H,7-8H2,1H3,(H,15,16,17). The van der Waals surface area contributed by atoms with Crippen molar-refractivity contribution in [1.82, 2.24) is 9.97 Å². The van der Waals surface area contributed by atoms with Gasteiger partial charge in [0, 0.05) is 11.8 Å². The van der Waals surface area contributed by atoms with E-state index in [4.69, 9.17) is 4.74 Å². The summed E-state index contributed by atoms with van der Waals surface area (Å²) in [6, 6.07) is 9.48. The second-order valence-corrected chi connectivity index (χ2v) is 4.59. The highest BCUT2D eigenvalue weighted by molar-refractivity contribution is 5.36. The molecule has 0 saturated heterocycles. The van der Waals surface area contributed by atoms with Gasteiger partial charge in [-0.25, -0.2) is 4.98 Å². The molecule has 0 amide bonds. The number of hydrogen-bond donors (Lipinski definition) is 1. The van der Waals surface area contributed by atoms with Crippen LogP contribution < -0.4 is 10.3 Å². The maximum atomic E-state index is 11.5.